The Morgan fingerprint density at radius 2 is 1.91 bits per heavy atom. The van der Waals surface area contributed by atoms with Gasteiger partial charge >= 0.3 is 0 Å². The molecule has 0 radical (unpaired) electrons. The number of piperidine rings is 1. The third-order valence-corrected chi connectivity index (χ3v) is 8.48. The number of thiophene rings is 1. The first kappa shape index (κ1) is 21.9. The number of ether oxygens (including phenoxy) is 1. The van der Waals surface area contributed by atoms with Gasteiger partial charge in [-0.05, 0) is 69.2 Å². The number of nitrogens with zero attached hydrogens (tertiary/aromatic N) is 4. The maximum atomic E-state index is 13.8. The number of aromatic nitrogens is 2. The van der Waals surface area contributed by atoms with Crippen LogP contribution in [0.15, 0.2) is 34.2 Å². The van der Waals surface area contributed by atoms with Crippen LogP contribution in [-0.2, 0) is 13.0 Å². The average molecular weight is 471 g/mol. The SMILES string of the molecule is COc1ccc(-n2c(SCCN3CCCCC3)nc3sc4c(c3c2=O)CCN(C)C4)cc1. The lowest BCUT2D eigenvalue weighted by molar-refractivity contribution is 0.242. The fraction of sp³-hybridized carbons (Fsp3) is 0.500. The van der Waals surface area contributed by atoms with Crippen molar-refractivity contribution in [3.05, 3.63) is 45.1 Å². The molecule has 0 aliphatic carbocycles. The summed E-state index contributed by atoms with van der Waals surface area (Å²) < 4.78 is 7.14. The summed E-state index contributed by atoms with van der Waals surface area (Å²) in [7, 11) is 3.80. The summed E-state index contributed by atoms with van der Waals surface area (Å²) in [6.45, 7) is 5.28. The second-order valence-electron chi connectivity index (χ2n) is 8.66. The highest BCUT2D eigenvalue weighted by molar-refractivity contribution is 7.99. The molecule has 2 aliphatic rings. The molecule has 1 fully saturated rings. The van der Waals surface area contributed by atoms with Crippen LogP contribution in [0.2, 0.25) is 0 Å². The zero-order chi connectivity index (χ0) is 22.1. The molecule has 32 heavy (non-hydrogen) atoms. The van der Waals surface area contributed by atoms with Gasteiger partial charge in [0, 0.05) is 30.3 Å². The van der Waals surface area contributed by atoms with Gasteiger partial charge < -0.3 is 14.5 Å². The molecule has 0 amide bonds. The van der Waals surface area contributed by atoms with Crippen LogP contribution in [0.5, 0.6) is 5.75 Å². The lowest BCUT2D eigenvalue weighted by Crippen LogP contribution is -2.31. The van der Waals surface area contributed by atoms with Crippen molar-refractivity contribution >= 4 is 33.3 Å². The topological polar surface area (TPSA) is 50.6 Å². The van der Waals surface area contributed by atoms with E-state index in [1.54, 1.807) is 30.2 Å². The van der Waals surface area contributed by atoms with E-state index in [0.717, 1.165) is 58.6 Å². The third kappa shape index (κ3) is 4.33. The normalized spacial score (nSPS) is 17.6. The lowest BCUT2D eigenvalue weighted by atomic mass is 10.1. The Bertz CT molecular complexity index is 1150. The molecular formula is C24H30N4O2S2. The van der Waals surface area contributed by atoms with Gasteiger partial charge in [-0.1, -0.05) is 18.2 Å². The molecule has 1 aromatic carbocycles. The molecule has 0 saturated carbocycles. The van der Waals surface area contributed by atoms with Crippen molar-refractivity contribution in [1.29, 1.82) is 0 Å². The van der Waals surface area contributed by atoms with Crippen molar-refractivity contribution in [2.75, 3.05) is 46.1 Å². The first-order valence-electron chi connectivity index (χ1n) is 11.4. The van der Waals surface area contributed by atoms with Crippen LogP contribution >= 0.6 is 23.1 Å². The van der Waals surface area contributed by atoms with E-state index in [2.05, 4.69) is 16.8 Å². The summed E-state index contributed by atoms with van der Waals surface area (Å²) in [5.41, 5.74) is 2.11. The highest BCUT2D eigenvalue weighted by Gasteiger charge is 2.24. The molecule has 1 saturated heterocycles. The highest BCUT2D eigenvalue weighted by atomic mass is 32.2. The van der Waals surface area contributed by atoms with Gasteiger partial charge in [-0.2, -0.15) is 0 Å². The van der Waals surface area contributed by atoms with Crippen LogP contribution < -0.4 is 10.3 Å². The van der Waals surface area contributed by atoms with E-state index >= 15 is 0 Å². The van der Waals surface area contributed by atoms with Gasteiger partial charge in [0.2, 0.25) is 0 Å². The minimum absolute atomic E-state index is 0.0580. The predicted molar refractivity (Wildman–Crippen MR) is 133 cm³/mol. The Morgan fingerprint density at radius 3 is 2.66 bits per heavy atom. The average Bonchev–Trinajstić information content (AvgIpc) is 3.17. The largest absolute Gasteiger partial charge is 0.497 e. The van der Waals surface area contributed by atoms with Gasteiger partial charge in [-0.3, -0.25) is 9.36 Å². The number of fused-ring (bicyclic) bond motifs is 3. The molecule has 2 aromatic heterocycles. The van der Waals surface area contributed by atoms with E-state index in [9.17, 15) is 4.79 Å². The van der Waals surface area contributed by atoms with Crippen LogP contribution in [-0.4, -0.2) is 65.4 Å². The van der Waals surface area contributed by atoms with Crippen LogP contribution in [0.4, 0.5) is 0 Å². The van der Waals surface area contributed by atoms with Crippen LogP contribution in [0, 0.1) is 0 Å². The molecule has 8 heteroatoms. The smallest absolute Gasteiger partial charge is 0.267 e. The third-order valence-electron chi connectivity index (χ3n) is 6.45. The van der Waals surface area contributed by atoms with Crippen molar-refractivity contribution in [1.82, 2.24) is 19.4 Å². The zero-order valence-corrected chi connectivity index (χ0v) is 20.4. The molecule has 0 atom stereocenters. The Balaban J connectivity index is 1.54. The van der Waals surface area contributed by atoms with E-state index in [1.807, 2.05) is 28.8 Å². The summed E-state index contributed by atoms with van der Waals surface area (Å²) >= 11 is 3.39. The van der Waals surface area contributed by atoms with Crippen LogP contribution in [0.3, 0.4) is 0 Å². The number of methoxy groups -OCH3 is 1. The van der Waals surface area contributed by atoms with Crippen molar-refractivity contribution in [3.63, 3.8) is 0 Å². The summed E-state index contributed by atoms with van der Waals surface area (Å²) in [4.78, 5) is 25.9. The van der Waals surface area contributed by atoms with E-state index in [4.69, 9.17) is 9.72 Å². The van der Waals surface area contributed by atoms with Gasteiger partial charge in [0.25, 0.3) is 5.56 Å². The Morgan fingerprint density at radius 1 is 1.12 bits per heavy atom. The van der Waals surface area contributed by atoms with E-state index < -0.39 is 0 Å². The molecule has 5 rings (SSSR count). The summed E-state index contributed by atoms with van der Waals surface area (Å²) in [5.74, 6) is 1.72. The van der Waals surface area contributed by atoms with Gasteiger partial charge in [-0.25, -0.2) is 4.98 Å². The summed E-state index contributed by atoms with van der Waals surface area (Å²) in [6.07, 6.45) is 4.84. The fourth-order valence-corrected chi connectivity index (χ4v) is 7.01. The quantitative estimate of drug-likeness (QED) is 0.401. The number of thioether (sulfide) groups is 1. The van der Waals surface area contributed by atoms with Gasteiger partial charge in [0.1, 0.15) is 10.6 Å². The number of benzene rings is 1. The lowest BCUT2D eigenvalue weighted by Gasteiger charge is -2.26. The molecule has 3 aromatic rings. The number of likely N-dealkylation sites (N-methyl/N-ethyl adjacent to an activating group) is 1. The standard InChI is InChI=1S/C24H30N4O2S2/c1-26-13-10-19-20(16-26)32-22-21(19)23(29)28(17-6-8-18(30-2)9-7-17)24(25-22)31-15-14-27-11-4-3-5-12-27/h6-9H,3-5,10-16H2,1-2H3. The van der Waals surface area contributed by atoms with Crippen LogP contribution in [0.25, 0.3) is 15.9 Å². The molecule has 0 spiro atoms. The van der Waals surface area contributed by atoms with Crippen LogP contribution in [0.1, 0.15) is 29.7 Å². The van der Waals surface area contributed by atoms with Crippen molar-refractivity contribution in [2.45, 2.75) is 37.4 Å². The minimum atomic E-state index is 0.0580. The van der Waals surface area contributed by atoms with E-state index in [1.165, 1.54) is 42.8 Å². The Hall–Kier alpha value is -1.87. The molecule has 2 aliphatic heterocycles. The van der Waals surface area contributed by atoms with E-state index in [0.29, 0.717) is 0 Å². The number of hydrogen-bond donors (Lipinski definition) is 0. The minimum Gasteiger partial charge on any atom is -0.497 e. The Kier molecular flexibility index (Phi) is 6.55. The summed E-state index contributed by atoms with van der Waals surface area (Å²) in [6, 6.07) is 7.72. The first-order chi connectivity index (χ1) is 15.6. The Labute approximate surface area is 197 Å². The maximum absolute atomic E-state index is 13.8. The molecule has 4 heterocycles. The summed E-state index contributed by atoms with van der Waals surface area (Å²) in [5, 5.41) is 1.60. The second-order valence-corrected chi connectivity index (χ2v) is 10.8. The zero-order valence-electron chi connectivity index (χ0n) is 18.8. The van der Waals surface area contributed by atoms with Crippen molar-refractivity contribution in [2.24, 2.45) is 0 Å². The maximum Gasteiger partial charge on any atom is 0.267 e. The molecular weight excluding hydrogens is 440 g/mol. The monoisotopic (exact) mass is 470 g/mol. The predicted octanol–water partition coefficient (Wildman–Crippen LogP) is 4.02. The molecule has 0 bridgehead atoms. The number of hydrogen-bond acceptors (Lipinski definition) is 7. The number of likely N-dealkylation sites (tertiary alicyclic amines) is 1. The molecule has 0 N–H and O–H groups in total. The van der Waals surface area contributed by atoms with Crippen molar-refractivity contribution < 1.29 is 4.74 Å². The van der Waals surface area contributed by atoms with Gasteiger partial charge in [0.15, 0.2) is 5.16 Å². The van der Waals surface area contributed by atoms with E-state index in [-0.39, 0.29) is 5.56 Å². The second kappa shape index (κ2) is 9.55. The van der Waals surface area contributed by atoms with Gasteiger partial charge in [0.05, 0.1) is 18.2 Å². The van der Waals surface area contributed by atoms with Gasteiger partial charge in [-0.15, -0.1) is 11.3 Å². The highest BCUT2D eigenvalue weighted by Crippen LogP contribution is 2.34. The fourth-order valence-electron chi connectivity index (χ4n) is 4.66. The number of rotatable bonds is 6. The molecule has 170 valence electrons. The molecule has 6 nitrogen and oxygen atoms in total. The van der Waals surface area contributed by atoms with Crippen molar-refractivity contribution in [3.8, 4) is 11.4 Å². The first-order valence-corrected chi connectivity index (χ1v) is 13.2. The molecule has 0 unspecified atom stereocenters.